The van der Waals surface area contributed by atoms with E-state index in [1.165, 1.54) is 22.2 Å². The quantitative estimate of drug-likeness (QED) is 0.364. The molecule has 3 aromatic rings. The topological polar surface area (TPSA) is 41.9 Å². The van der Waals surface area contributed by atoms with Gasteiger partial charge in [-0.3, -0.25) is 0 Å². The van der Waals surface area contributed by atoms with Crippen molar-refractivity contribution in [3.8, 4) is 11.4 Å². The molecule has 5 heteroatoms. The van der Waals surface area contributed by atoms with Gasteiger partial charge in [0.05, 0.1) is 38.6 Å². The zero-order valence-corrected chi connectivity index (χ0v) is 18.7. The molecule has 0 aliphatic heterocycles. The molecule has 0 spiro atoms. The number of rotatable bonds is 12. The molecule has 4 rings (SSSR count). The SMILES string of the molecule is C=Cc1ccc2c(c1)c1c(n2-c2ccc(OCCOCCOCCOC)cc2)C=CCC1. The zero-order valence-electron chi connectivity index (χ0n) is 18.7. The second-order valence-corrected chi connectivity index (χ2v) is 7.68. The van der Waals surface area contributed by atoms with Crippen LogP contribution >= 0.6 is 0 Å². The van der Waals surface area contributed by atoms with Crippen LogP contribution in [0.3, 0.4) is 0 Å². The van der Waals surface area contributed by atoms with Crippen LogP contribution in [-0.4, -0.2) is 51.3 Å². The molecule has 168 valence electrons. The highest BCUT2D eigenvalue weighted by molar-refractivity contribution is 5.92. The minimum atomic E-state index is 0.506. The predicted molar refractivity (Wildman–Crippen MR) is 130 cm³/mol. The van der Waals surface area contributed by atoms with Crippen LogP contribution < -0.4 is 4.74 Å². The van der Waals surface area contributed by atoms with E-state index in [4.69, 9.17) is 18.9 Å². The number of fused-ring (bicyclic) bond motifs is 3. The van der Waals surface area contributed by atoms with Crippen molar-refractivity contribution in [2.45, 2.75) is 12.8 Å². The average Bonchev–Trinajstić information content (AvgIpc) is 3.17. The Hall–Kier alpha value is -2.86. The summed E-state index contributed by atoms with van der Waals surface area (Å²) in [5.41, 5.74) is 6.18. The molecule has 0 saturated heterocycles. The van der Waals surface area contributed by atoms with Gasteiger partial charge in [-0.15, -0.1) is 0 Å². The molecule has 0 amide bonds. The van der Waals surface area contributed by atoms with E-state index in [-0.39, 0.29) is 0 Å². The summed E-state index contributed by atoms with van der Waals surface area (Å²) >= 11 is 0. The maximum Gasteiger partial charge on any atom is 0.119 e. The number of benzene rings is 2. The monoisotopic (exact) mass is 433 g/mol. The Morgan fingerprint density at radius 3 is 2.44 bits per heavy atom. The first-order valence-corrected chi connectivity index (χ1v) is 11.2. The summed E-state index contributed by atoms with van der Waals surface area (Å²) in [6, 6.07) is 14.8. The number of hydrogen-bond donors (Lipinski definition) is 0. The summed E-state index contributed by atoms with van der Waals surface area (Å²) in [5, 5.41) is 1.31. The smallest absolute Gasteiger partial charge is 0.119 e. The number of aromatic nitrogens is 1. The van der Waals surface area contributed by atoms with Crippen molar-refractivity contribution in [3.05, 3.63) is 71.9 Å². The van der Waals surface area contributed by atoms with Gasteiger partial charge in [0.25, 0.3) is 0 Å². The van der Waals surface area contributed by atoms with Gasteiger partial charge in [-0.1, -0.05) is 24.8 Å². The Balaban J connectivity index is 1.39. The van der Waals surface area contributed by atoms with Crippen LogP contribution in [0, 0.1) is 0 Å². The third-order valence-electron chi connectivity index (χ3n) is 5.60. The summed E-state index contributed by atoms with van der Waals surface area (Å²) in [7, 11) is 1.66. The average molecular weight is 434 g/mol. The molecule has 0 radical (unpaired) electrons. The molecule has 2 aromatic carbocycles. The van der Waals surface area contributed by atoms with E-state index < -0.39 is 0 Å². The first-order chi connectivity index (χ1) is 15.8. The molecular weight excluding hydrogens is 402 g/mol. The van der Waals surface area contributed by atoms with Crippen molar-refractivity contribution in [3.63, 3.8) is 0 Å². The molecule has 0 atom stereocenters. The van der Waals surface area contributed by atoms with Crippen molar-refractivity contribution >= 4 is 23.1 Å². The van der Waals surface area contributed by atoms with E-state index in [0.717, 1.165) is 29.8 Å². The fourth-order valence-electron chi connectivity index (χ4n) is 4.03. The first-order valence-electron chi connectivity index (χ1n) is 11.2. The van der Waals surface area contributed by atoms with Gasteiger partial charge in [0.1, 0.15) is 12.4 Å². The molecule has 32 heavy (non-hydrogen) atoms. The Morgan fingerprint density at radius 1 is 0.938 bits per heavy atom. The van der Waals surface area contributed by atoms with Gasteiger partial charge in [-0.25, -0.2) is 0 Å². The lowest BCUT2D eigenvalue weighted by Crippen LogP contribution is -2.12. The summed E-state index contributed by atoms with van der Waals surface area (Å²) in [5.74, 6) is 0.837. The standard InChI is InChI=1S/C27H31NO4/c1-3-21-8-13-27-25(20-21)24-6-4-5-7-26(24)28(27)22-9-11-23(12-10-22)32-19-18-31-17-16-30-15-14-29-2/h3,5,7-13,20H,1,4,6,14-19H2,2H3. The van der Waals surface area contributed by atoms with Gasteiger partial charge in [0.2, 0.25) is 0 Å². The minimum Gasteiger partial charge on any atom is -0.491 e. The van der Waals surface area contributed by atoms with E-state index in [1.807, 2.05) is 18.2 Å². The Labute approximate surface area is 189 Å². The van der Waals surface area contributed by atoms with Crippen LogP contribution in [0.5, 0.6) is 5.75 Å². The van der Waals surface area contributed by atoms with E-state index in [1.54, 1.807) is 7.11 Å². The molecule has 0 fully saturated rings. The normalized spacial score (nSPS) is 12.8. The largest absolute Gasteiger partial charge is 0.491 e. The number of nitrogens with zero attached hydrogens (tertiary/aromatic N) is 1. The second-order valence-electron chi connectivity index (χ2n) is 7.68. The van der Waals surface area contributed by atoms with Crippen molar-refractivity contribution in [1.82, 2.24) is 4.57 Å². The van der Waals surface area contributed by atoms with Gasteiger partial charge < -0.3 is 23.5 Å². The van der Waals surface area contributed by atoms with Gasteiger partial charge in [-0.05, 0) is 66.4 Å². The van der Waals surface area contributed by atoms with Crippen LogP contribution in [0.4, 0.5) is 0 Å². The maximum absolute atomic E-state index is 5.83. The molecule has 0 bridgehead atoms. The number of aryl methyl sites for hydroxylation is 1. The maximum atomic E-state index is 5.83. The lowest BCUT2D eigenvalue weighted by atomic mass is 10.00. The number of methoxy groups -OCH3 is 1. The Morgan fingerprint density at radius 2 is 1.69 bits per heavy atom. The fourth-order valence-corrected chi connectivity index (χ4v) is 4.03. The zero-order chi connectivity index (χ0) is 22.2. The number of ether oxygens (including phenoxy) is 4. The first kappa shape index (κ1) is 22.3. The van der Waals surface area contributed by atoms with Crippen molar-refractivity contribution in [1.29, 1.82) is 0 Å². The molecular formula is C27H31NO4. The molecule has 1 aliphatic carbocycles. The van der Waals surface area contributed by atoms with E-state index in [0.29, 0.717) is 39.6 Å². The molecule has 1 heterocycles. The van der Waals surface area contributed by atoms with Crippen molar-refractivity contribution in [2.24, 2.45) is 0 Å². The minimum absolute atomic E-state index is 0.506. The van der Waals surface area contributed by atoms with Crippen LogP contribution in [0.15, 0.2) is 55.1 Å². The van der Waals surface area contributed by atoms with Crippen LogP contribution in [0.1, 0.15) is 23.2 Å². The van der Waals surface area contributed by atoms with Crippen LogP contribution in [0.2, 0.25) is 0 Å². The third kappa shape index (κ3) is 5.13. The van der Waals surface area contributed by atoms with Crippen molar-refractivity contribution in [2.75, 3.05) is 46.8 Å². The highest BCUT2D eigenvalue weighted by Gasteiger charge is 2.18. The highest BCUT2D eigenvalue weighted by atomic mass is 16.6. The summed E-state index contributed by atoms with van der Waals surface area (Å²) < 4.78 is 24.0. The molecule has 0 N–H and O–H groups in total. The molecule has 0 unspecified atom stereocenters. The van der Waals surface area contributed by atoms with Gasteiger partial charge >= 0.3 is 0 Å². The van der Waals surface area contributed by atoms with Gasteiger partial charge in [-0.2, -0.15) is 0 Å². The van der Waals surface area contributed by atoms with E-state index in [2.05, 4.69) is 53.6 Å². The summed E-state index contributed by atoms with van der Waals surface area (Å²) in [6.45, 7) is 7.28. The molecule has 1 aromatic heterocycles. The van der Waals surface area contributed by atoms with Crippen LogP contribution in [0.25, 0.3) is 28.7 Å². The third-order valence-corrected chi connectivity index (χ3v) is 5.60. The van der Waals surface area contributed by atoms with Gasteiger partial charge in [0.15, 0.2) is 0 Å². The Bertz CT molecular complexity index is 1070. The fraction of sp³-hybridized carbons (Fsp3) is 0.333. The lowest BCUT2D eigenvalue weighted by molar-refractivity contribution is 0.0180. The predicted octanol–water partition coefficient (Wildman–Crippen LogP) is 5.29. The summed E-state index contributed by atoms with van der Waals surface area (Å²) in [4.78, 5) is 0. The number of allylic oxidation sites excluding steroid dienone is 1. The van der Waals surface area contributed by atoms with E-state index in [9.17, 15) is 0 Å². The van der Waals surface area contributed by atoms with Gasteiger partial charge in [0, 0.05) is 23.9 Å². The highest BCUT2D eigenvalue weighted by Crippen LogP contribution is 2.35. The number of hydrogen-bond acceptors (Lipinski definition) is 4. The Kier molecular flexibility index (Phi) is 7.77. The molecule has 5 nitrogen and oxygen atoms in total. The van der Waals surface area contributed by atoms with Crippen molar-refractivity contribution < 1.29 is 18.9 Å². The van der Waals surface area contributed by atoms with Crippen LogP contribution in [-0.2, 0) is 20.6 Å². The lowest BCUT2D eigenvalue weighted by Gasteiger charge is -2.13. The van der Waals surface area contributed by atoms with E-state index >= 15 is 0 Å². The summed E-state index contributed by atoms with van der Waals surface area (Å²) in [6.07, 6.45) is 8.55. The molecule has 0 saturated carbocycles. The molecule has 1 aliphatic rings. The second kappa shape index (κ2) is 11.1.